The second-order valence-electron chi connectivity index (χ2n) is 5.43. The van der Waals surface area contributed by atoms with Crippen molar-refractivity contribution >= 4 is 23.6 Å². The number of hydrogen-bond acceptors (Lipinski definition) is 5. The van der Waals surface area contributed by atoms with E-state index in [1.54, 1.807) is 48.5 Å². The molecule has 6 heteroatoms. The minimum atomic E-state index is -0.606. The summed E-state index contributed by atoms with van der Waals surface area (Å²) in [6.07, 6.45) is 2.86. The third-order valence-electron chi connectivity index (χ3n) is 3.38. The van der Waals surface area contributed by atoms with E-state index in [-0.39, 0.29) is 6.61 Å². The van der Waals surface area contributed by atoms with Crippen LogP contribution in [-0.4, -0.2) is 31.7 Å². The second-order valence-corrected chi connectivity index (χ2v) is 5.43. The fourth-order valence-electron chi connectivity index (χ4n) is 2.24. The maximum absolute atomic E-state index is 11.8. The molecule has 1 N–H and O–H groups in total. The van der Waals surface area contributed by atoms with Gasteiger partial charge in [0.25, 0.3) is 5.91 Å². The predicted octanol–water partition coefficient (Wildman–Crippen LogP) is 3.68. The van der Waals surface area contributed by atoms with Crippen molar-refractivity contribution in [1.29, 1.82) is 0 Å². The van der Waals surface area contributed by atoms with Crippen molar-refractivity contribution < 1.29 is 23.8 Å². The van der Waals surface area contributed by atoms with Crippen LogP contribution in [-0.2, 0) is 14.3 Å². The number of benzene rings is 2. The van der Waals surface area contributed by atoms with E-state index in [9.17, 15) is 9.59 Å². The van der Waals surface area contributed by atoms with Crippen molar-refractivity contribution in [2.24, 2.45) is 0 Å². The van der Waals surface area contributed by atoms with Crippen LogP contribution in [0.1, 0.15) is 19.4 Å². The summed E-state index contributed by atoms with van der Waals surface area (Å²) in [6.45, 7) is 4.47. The molecule has 2 rings (SSSR count). The molecular weight excluding hydrogens is 346 g/mol. The first-order chi connectivity index (χ1) is 13.1. The van der Waals surface area contributed by atoms with Gasteiger partial charge in [-0.1, -0.05) is 24.3 Å². The summed E-state index contributed by atoms with van der Waals surface area (Å²) in [7, 11) is 0. The van der Waals surface area contributed by atoms with E-state index >= 15 is 0 Å². The molecule has 2 aromatic rings. The van der Waals surface area contributed by atoms with Crippen molar-refractivity contribution in [2.75, 3.05) is 25.1 Å². The van der Waals surface area contributed by atoms with Gasteiger partial charge in [-0.3, -0.25) is 4.79 Å². The lowest BCUT2D eigenvalue weighted by atomic mass is 10.2. The van der Waals surface area contributed by atoms with Crippen LogP contribution < -0.4 is 14.8 Å². The van der Waals surface area contributed by atoms with E-state index < -0.39 is 11.9 Å². The van der Waals surface area contributed by atoms with E-state index in [0.29, 0.717) is 30.4 Å². The van der Waals surface area contributed by atoms with Crippen molar-refractivity contribution in [3.05, 3.63) is 60.2 Å². The topological polar surface area (TPSA) is 73.9 Å². The van der Waals surface area contributed by atoms with Gasteiger partial charge in [-0.05, 0) is 49.8 Å². The quantitative estimate of drug-likeness (QED) is 0.539. The molecule has 0 unspecified atom stereocenters. The van der Waals surface area contributed by atoms with Gasteiger partial charge in [-0.2, -0.15) is 0 Å². The number of esters is 1. The van der Waals surface area contributed by atoms with Gasteiger partial charge in [-0.25, -0.2) is 4.79 Å². The minimum Gasteiger partial charge on any atom is -0.490 e. The van der Waals surface area contributed by atoms with Crippen molar-refractivity contribution in [2.45, 2.75) is 13.8 Å². The maximum Gasteiger partial charge on any atom is 0.331 e. The number of carbonyl (C=O) groups is 2. The van der Waals surface area contributed by atoms with Gasteiger partial charge < -0.3 is 19.5 Å². The number of amides is 1. The maximum atomic E-state index is 11.8. The SMILES string of the molecule is CCOc1ccc(/C=C/C(=O)OCC(=O)Nc2ccccc2)cc1OCC. The Bertz CT molecular complexity index is 786. The molecule has 0 fully saturated rings. The van der Waals surface area contributed by atoms with Gasteiger partial charge >= 0.3 is 5.97 Å². The van der Waals surface area contributed by atoms with Crippen molar-refractivity contribution in [3.63, 3.8) is 0 Å². The van der Waals surface area contributed by atoms with Crippen LogP contribution in [0.4, 0.5) is 5.69 Å². The number of anilines is 1. The molecule has 0 saturated carbocycles. The van der Waals surface area contributed by atoms with Gasteiger partial charge in [-0.15, -0.1) is 0 Å². The molecule has 2 aromatic carbocycles. The average molecular weight is 369 g/mol. The van der Waals surface area contributed by atoms with Gasteiger partial charge in [0.2, 0.25) is 0 Å². The molecule has 0 aliphatic rings. The standard InChI is InChI=1S/C21H23NO5/c1-3-25-18-12-10-16(14-19(18)26-4-2)11-13-21(24)27-15-20(23)22-17-8-6-5-7-9-17/h5-14H,3-4,15H2,1-2H3,(H,22,23)/b13-11+. The van der Waals surface area contributed by atoms with E-state index in [2.05, 4.69) is 5.32 Å². The number of para-hydroxylation sites is 1. The van der Waals surface area contributed by atoms with Gasteiger partial charge in [0.15, 0.2) is 18.1 Å². The number of ether oxygens (including phenoxy) is 3. The first-order valence-electron chi connectivity index (χ1n) is 8.71. The second kappa shape index (κ2) is 10.7. The molecular formula is C21H23NO5. The molecule has 0 atom stereocenters. The summed E-state index contributed by atoms with van der Waals surface area (Å²) in [5.41, 5.74) is 1.40. The molecule has 0 spiro atoms. The highest BCUT2D eigenvalue weighted by Gasteiger charge is 2.07. The lowest BCUT2D eigenvalue weighted by molar-refractivity contribution is -0.142. The highest BCUT2D eigenvalue weighted by molar-refractivity contribution is 5.94. The summed E-state index contributed by atoms with van der Waals surface area (Å²) < 4.78 is 16.0. The zero-order valence-corrected chi connectivity index (χ0v) is 15.4. The predicted molar refractivity (Wildman–Crippen MR) is 104 cm³/mol. The molecule has 0 saturated heterocycles. The molecule has 142 valence electrons. The molecule has 6 nitrogen and oxygen atoms in total. The highest BCUT2D eigenvalue weighted by Crippen LogP contribution is 2.29. The third-order valence-corrected chi connectivity index (χ3v) is 3.38. The number of hydrogen-bond donors (Lipinski definition) is 1. The Morgan fingerprint density at radius 3 is 2.37 bits per heavy atom. The summed E-state index contributed by atoms with van der Waals surface area (Å²) in [5, 5.41) is 2.64. The Morgan fingerprint density at radius 2 is 1.67 bits per heavy atom. The Balaban J connectivity index is 1.88. The van der Waals surface area contributed by atoms with E-state index in [1.165, 1.54) is 6.08 Å². The zero-order valence-electron chi connectivity index (χ0n) is 15.4. The normalized spacial score (nSPS) is 10.4. The Hall–Kier alpha value is -3.28. The molecule has 0 aromatic heterocycles. The molecule has 0 bridgehead atoms. The van der Waals surface area contributed by atoms with Crippen molar-refractivity contribution in [3.8, 4) is 11.5 Å². The summed E-state index contributed by atoms with van der Waals surface area (Å²) in [5.74, 6) is 0.251. The summed E-state index contributed by atoms with van der Waals surface area (Å²) >= 11 is 0. The monoisotopic (exact) mass is 369 g/mol. The van der Waals surface area contributed by atoms with Crippen LogP contribution in [0, 0.1) is 0 Å². The van der Waals surface area contributed by atoms with Gasteiger partial charge in [0, 0.05) is 11.8 Å². The van der Waals surface area contributed by atoms with Crippen LogP contribution in [0.3, 0.4) is 0 Å². The Morgan fingerprint density at radius 1 is 0.963 bits per heavy atom. The number of nitrogens with one attached hydrogen (secondary N) is 1. The van der Waals surface area contributed by atoms with E-state index in [1.807, 2.05) is 19.9 Å². The Labute approximate surface area is 158 Å². The summed E-state index contributed by atoms with van der Waals surface area (Å²) in [6, 6.07) is 14.3. The average Bonchev–Trinajstić information content (AvgIpc) is 2.67. The number of rotatable bonds is 9. The molecule has 27 heavy (non-hydrogen) atoms. The highest BCUT2D eigenvalue weighted by atomic mass is 16.5. The van der Waals surface area contributed by atoms with Crippen LogP contribution >= 0.6 is 0 Å². The summed E-state index contributed by atoms with van der Waals surface area (Å²) in [4.78, 5) is 23.6. The van der Waals surface area contributed by atoms with Crippen molar-refractivity contribution in [1.82, 2.24) is 0 Å². The first-order valence-corrected chi connectivity index (χ1v) is 8.71. The van der Waals surface area contributed by atoms with E-state index in [0.717, 1.165) is 5.56 Å². The lowest BCUT2D eigenvalue weighted by Crippen LogP contribution is -2.20. The first kappa shape index (κ1) is 20.0. The van der Waals surface area contributed by atoms with Crippen LogP contribution in [0.5, 0.6) is 11.5 Å². The molecule has 0 aliphatic carbocycles. The molecule has 0 aliphatic heterocycles. The van der Waals surface area contributed by atoms with Gasteiger partial charge in [0.1, 0.15) is 0 Å². The molecule has 1 amide bonds. The number of carbonyl (C=O) groups excluding carboxylic acids is 2. The molecule has 0 heterocycles. The molecule has 0 radical (unpaired) electrons. The van der Waals surface area contributed by atoms with Crippen LogP contribution in [0.2, 0.25) is 0 Å². The van der Waals surface area contributed by atoms with Crippen LogP contribution in [0.15, 0.2) is 54.6 Å². The lowest BCUT2D eigenvalue weighted by Gasteiger charge is -2.11. The zero-order chi connectivity index (χ0) is 19.5. The fraction of sp³-hybridized carbons (Fsp3) is 0.238. The van der Waals surface area contributed by atoms with Gasteiger partial charge in [0.05, 0.1) is 13.2 Å². The largest absolute Gasteiger partial charge is 0.490 e. The minimum absolute atomic E-state index is 0.356. The smallest absolute Gasteiger partial charge is 0.331 e. The third kappa shape index (κ3) is 6.86. The van der Waals surface area contributed by atoms with Crippen LogP contribution in [0.25, 0.3) is 6.08 Å². The fourth-order valence-corrected chi connectivity index (χ4v) is 2.24. The Kier molecular flexibility index (Phi) is 7.91. The van der Waals surface area contributed by atoms with E-state index in [4.69, 9.17) is 14.2 Å².